The molecule has 16 heavy (non-hydrogen) atoms. The molecule has 2 saturated carbocycles. The van der Waals surface area contributed by atoms with Gasteiger partial charge in [0.15, 0.2) is 11.4 Å². The number of hydrogen-bond acceptors (Lipinski definition) is 2. The standard InChI is InChI=1S/C14H20O2/c1-9(2)11-4-5-12(15)13-7-6-10(3)14(13,8-11)16-13/h10-11H,1,4-8H2,2-3H3. The molecule has 0 spiro atoms. The first-order valence-electron chi connectivity index (χ1n) is 6.41. The Kier molecular flexibility index (Phi) is 1.96. The number of allylic oxidation sites excluding steroid dienone is 1. The van der Waals surface area contributed by atoms with Crippen molar-refractivity contribution in [1.82, 2.24) is 0 Å². The van der Waals surface area contributed by atoms with Gasteiger partial charge in [-0.2, -0.15) is 0 Å². The van der Waals surface area contributed by atoms with Gasteiger partial charge in [-0.3, -0.25) is 4.79 Å². The van der Waals surface area contributed by atoms with Crippen LogP contribution in [0, 0.1) is 11.8 Å². The van der Waals surface area contributed by atoms with Gasteiger partial charge in [0.05, 0.1) is 0 Å². The van der Waals surface area contributed by atoms with E-state index in [-0.39, 0.29) is 11.2 Å². The summed E-state index contributed by atoms with van der Waals surface area (Å²) >= 11 is 0. The van der Waals surface area contributed by atoms with E-state index in [9.17, 15) is 4.79 Å². The van der Waals surface area contributed by atoms with Gasteiger partial charge in [-0.15, -0.1) is 0 Å². The first-order valence-corrected chi connectivity index (χ1v) is 6.41. The SMILES string of the molecule is C=C(C)C1CCC(=O)C23CCC(C)C2(C1)O3. The molecule has 2 heteroatoms. The highest BCUT2D eigenvalue weighted by molar-refractivity contribution is 5.93. The van der Waals surface area contributed by atoms with Crippen molar-refractivity contribution in [2.75, 3.05) is 0 Å². The second-order valence-electron chi connectivity index (χ2n) is 5.97. The van der Waals surface area contributed by atoms with Crippen LogP contribution in [0.5, 0.6) is 0 Å². The van der Waals surface area contributed by atoms with Crippen LogP contribution in [-0.4, -0.2) is 17.0 Å². The van der Waals surface area contributed by atoms with Crippen LogP contribution in [0.1, 0.15) is 46.0 Å². The van der Waals surface area contributed by atoms with Gasteiger partial charge in [-0.25, -0.2) is 0 Å². The number of epoxide rings is 1. The number of ketones is 1. The Hall–Kier alpha value is -0.630. The summed E-state index contributed by atoms with van der Waals surface area (Å²) < 4.78 is 5.98. The molecular formula is C14H20O2. The molecule has 0 bridgehead atoms. The molecule has 0 N–H and O–H groups in total. The fourth-order valence-corrected chi connectivity index (χ4v) is 3.94. The zero-order valence-electron chi connectivity index (χ0n) is 10.2. The Bertz CT molecular complexity index is 373. The fourth-order valence-electron chi connectivity index (χ4n) is 3.94. The number of carbonyl (C=O) groups is 1. The van der Waals surface area contributed by atoms with Crippen molar-refractivity contribution < 1.29 is 9.53 Å². The van der Waals surface area contributed by atoms with Gasteiger partial charge in [0.25, 0.3) is 0 Å². The molecule has 0 amide bonds. The molecule has 1 heterocycles. The molecule has 3 aliphatic rings. The highest BCUT2D eigenvalue weighted by Crippen LogP contribution is 2.67. The van der Waals surface area contributed by atoms with Gasteiger partial charge in [-0.05, 0) is 44.4 Å². The van der Waals surface area contributed by atoms with Crippen molar-refractivity contribution in [1.29, 1.82) is 0 Å². The van der Waals surface area contributed by atoms with E-state index in [1.54, 1.807) is 0 Å². The lowest BCUT2D eigenvalue weighted by Crippen LogP contribution is -2.30. The summed E-state index contributed by atoms with van der Waals surface area (Å²) in [5, 5.41) is 0. The molecule has 2 nitrogen and oxygen atoms in total. The summed E-state index contributed by atoms with van der Waals surface area (Å²) in [5.41, 5.74) is 0.744. The predicted molar refractivity (Wildman–Crippen MR) is 62.1 cm³/mol. The van der Waals surface area contributed by atoms with Crippen LogP contribution in [0.3, 0.4) is 0 Å². The monoisotopic (exact) mass is 220 g/mol. The fraction of sp³-hybridized carbons (Fsp3) is 0.786. The van der Waals surface area contributed by atoms with E-state index in [1.807, 2.05) is 0 Å². The third-order valence-corrected chi connectivity index (χ3v) is 5.14. The van der Waals surface area contributed by atoms with Crippen LogP contribution in [0.15, 0.2) is 12.2 Å². The Balaban J connectivity index is 1.96. The van der Waals surface area contributed by atoms with E-state index in [4.69, 9.17) is 4.74 Å². The lowest BCUT2D eigenvalue weighted by molar-refractivity contribution is -0.124. The van der Waals surface area contributed by atoms with E-state index >= 15 is 0 Å². The number of ether oxygens (including phenoxy) is 1. The van der Waals surface area contributed by atoms with Crippen molar-refractivity contribution >= 4 is 5.78 Å². The molecule has 3 rings (SSSR count). The summed E-state index contributed by atoms with van der Waals surface area (Å²) in [4.78, 5) is 12.2. The predicted octanol–water partition coefficient (Wildman–Crippen LogP) is 2.87. The average molecular weight is 220 g/mol. The minimum atomic E-state index is -0.364. The van der Waals surface area contributed by atoms with Crippen molar-refractivity contribution in [3.8, 4) is 0 Å². The second-order valence-corrected chi connectivity index (χ2v) is 5.97. The molecule has 3 fully saturated rings. The molecule has 2 aliphatic carbocycles. The van der Waals surface area contributed by atoms with Crippen molar-refractivity contribution in [2.45, 2.75) is 57.2 Å². The van der Waals surface area contributed by atoms with Crippen LogP contribution in [0.25, 0.3) is 0 Å². The smallest absolute Gasteiger partial charge is 0.167 e. The van der Waals surface area contributed by atoms with Gasteiger partial charge in [0, 0.05) is 6.42 Å². The summed E-state index contributed by atoms with van der Waals surface area (Å²) in [6.45, 7) is 8.39. The zero-order valence-corrected chi connectivity index (χ0v) is 10.2. The highest BCUT2D eigenvalue weighted by Gasteiger charge is 2.79. The molecule has 88 valence electrons. The highest BCUT2D eigenvalue weighted by atomic mass is 16.6. The Morgan fingerprint density at radius 1 is 1.50 bits per heavy atom. The number of rotatable bonds is 1. The van der Waals surface area contributed by atoms with Crippen molar-refractivity contribution in [2.24, 2.45) is 11.8 Å². The number of carbonyl (C=O) groups excluding carboxylic acids is 1. The van der Waals surface area contributed by atoms with Gasteiger partial charge in [0.2, 0.25) is 0 Å². The first kappa shape index (κ1) is 10.5. The molecule has 0 aromatic rings. The first-order chi connectivity index (χ1) is 7.52. The van der Waals surface area contributed by atoms with E-state index in [1.165, 1.54) is 5.57 Å². The molecule has 1 aliphatic heterocycles. The lowest BCUT2D eigenvalue weighted by Gasteiger charge is -2.22. The van der Waals surface area contributed by atoms with E-state index in [2.05, 4.69) is 20.4 Å². The Morgan fingerprint density at radius 2 is 2.25 bits per heavy atom. The largest absolute Gasteiger partial charge is 0.354 e. The van der Waals surface area contributed by atoms with Crippen molar-refractivity contribution in [3.05, 3.63) is 12.2 Å². The minimum absolute atomic E-state index is 0.107. The second kappa shape index (κ2) is 2.98. The average Bonchev–Trinajstić information content (AvgIpc) is 2.84. The molecule has 0 aromatic carbocycles. The summed E-state index contributed by atoms with van der Waals surface area (Å²) in [6, 6.07) is 0. The summed E-state index contributed by atoms with van der Waals surface area (Å²) in [5.74, 6) is 1.38. The maximum atomic E-state index is 12.2. The molecule has 4 unspecified atom stereocenters. The molecule has 4 atom stereocenters. The molecule has 1 saturated heterocycles. The third-order valence-electron chi connectivity index (χ3n) is 5.14. The van der Waals surface area contributed by atoms with E-state index in [0.29, 0.717) is 24.0 Å². The quantitative estimate of drug-likeness (QED) is 0.502. The van der Waals surface area contributed by atoms with E-state index in [0.717, 1.165) is 25.7 Å². The van der Waals surface area contributed by atoms with Crippen molar-refractivity contribution in [3.63, 3.8) is 0 Å². The topological polar surface area (TPSA) is 29.6 Å². The Labute approximate surface area is 97.1 Å². The maximum Gasteiger partial charge on any atom is 0.167 e. The third kappa shape index (κ3) is 1.04. The van der Waals surface area contributed by atoms with E-state index < -0.39 is 0 Å². The van der Waals surface area contributed by atoms with Gasteiger partial charge >= 0.3 is 0 Å². The summed E-state index contributed by atoms with van der Waals surface area (Å²) in [7, 11) is 0. The summed E-state index contributed by atoms with van der Waals surface area (Å²) in [6.07, 6.45) is 4.79. The van der Waals surface area contributed by atoms with Gasteiger partial charge in [0.1, 0.15) is 5.60 Å². The van der Waals surface area contributed by atoms with Crippen LogP contribution in [0.2, 0.25) is 0 Å². The molecular weight excluding hydrogens is 200 g/mol. The van der Waals surface area contributed by atoms with Gasteiger partial charge < -0.3 is 4.74 Å². The van der Waals surface area contributed by atoms with Crippen LogP contribution >= 0.6 is 0 Å². The number of Topliss-reactive ketones (excluding diaryl/α,β-unsaturated/α-hetero) is 1. The van der Waals surface area contributed by atoms with Gasteiger partial charge in [-0.1, -0.05) is 19.1 Å². The Morgan fingerprint density at radius 3 is 2.94 bits per heavy atom. The van der Waals surface area contributed by atoms with Crippen LogP contribution in [0.4, 0.5) is 0 Å². The molecule has 0 aromatic heterocycles. The normalized spacial score (nSPS) is 50.5. The zero-order chi connectivity index (χ0) is 11.6. The van der Waals surface area contributed by atoms with Crippen LogP contribution in [-0.2, 0) is 9.53 Å². The van der Waals surface area contributed by atoms with Crippen LogP contribution < -0.4 is 0 Å². The molecule has 0 radical (unpaired) electrons. The lowest BCUT2D eigenvalue weighted by atomic mass is 9.81. The number of hydrogen-bond donors (Lipinski definition) is 0. The minimum Gasteiger partial charge on any atom is -0.354 e. The maximum absolute atomic E-state index is 12.2.